The van der Waals surface area contributed by atoms with Crippen LogP contribution in [0, 0.1) is 6.92 Å². The molecule has 23 heavy (non-hydrogen) atoms. The van der Waals surface area contributed by atoms with E-state index in [4.69, 9.17) is 13.7 Å². The minimum atomic E-state index is -3.63. The fourth-order valence-electron chi connectivity index (χ4n) is 2.54. The Morgan fingerprint density at radius 3 is 2.30 bits per heavy atom. The molecule has 0 unspecified atom stereocenters. The molecule has 1 saturated heterocycles. The molecule has 0 aromatic heterocycles. The maximum Gasteiger partial charge on any atom is 0.296 e. The summed E-state index contributed by atoms with van der Waals surface area (Å²) in [5.74, 6) is -0.425. The molecule has 1 fully saturated rings. The summed E-state index contributed by atoms with van der Waals surface area (Å²) in [6.07, 6.45) is 4.54. The molecule has 1 aliphatic rings. The molecule has 2 rings (SSSR count). The Balaban J connectivity index is 1.60. The molecule has 5 nitrogen and oxygen atoms in total. The minimum absolute atomic E-state index is 0.214. The molecule has 1 aromatic rings. The van der Waals surface area contributed by atoms with Gasteiger partial charge >= 0.3 is 0 Å². The van der Waals surface area contributed by atoms with Crippen molar-refractivity contribution in [2.24, 2.45) is 0 Å². The number of ether oxygens (including phenoxy) is 2. The van der Waals surface area contributed by atoms with Crippen LogP contribution in [0.2, 0.25) is 0 Å². The third-order valence-corrected chi connectivity index (χ3v) is 5.30. The fraction of sp³-hybridized carbons (Fsp3) is 0.647. The zero-order chi connectivity index (χ0) is 16.8. The highest BCUT2D eigenvalue weighted by Crippen LogP contribution is 2.25. The highest BCUT2D eigenvalue weighted by Gasteiger charge is 2.29. The van der Waals surface area contributed by atoms with Gasteiger partial charge in [-0.1, -0.05) is 30.5 Å². The van der Waals surface area contributed by atoms with Crippen molar-refractivity contribution in [3.8, 4) is 0 Å². The first-order valence-electron chi connectivity index (χ1n) is 8.15. The number of unbranched alkanes of at least 4 members (excludes halogenated alkanes) is 3. The van der Waals surface area contributed by atoms with Gasteiger partial charge in [0.15, 0.2) is 5.79 Å². The van der Waals surface area contributed by atoms with Crippen molar-refractivity contribution in [2.45, 2.75) is 56.6 Å². The predicted octanol–water partition coefficient (Wildman–Crippen LogP) is 3.41. The lowest BCUT2D eigenvalue weighted by Crippen LogP contribution is -2.24. The molecular formula is C17H26O5S. The van der Waals surface area contributed by atoms with Crippen LogP contribution in [0.5, 0.6) is 0 Å². The molecule has 0 N–H and O–H groups in total. The van der Waals surface area contributed by atoms with E-state index in [9.17, 15) is 8.42 Å². The molecule has 1 heterocycles. The SMILES string of the molecule is Cc1ccc(S(=O)(=O)OCCCCCCC2(C)OCCO2)cc1. The van der Waals surface area contributed by atoms with E-state index in [2.05, 4.69) is 0 Å². The first kappa shape index (κ1) is 18.4. The van der Waals surface area contributed by atoms with E-state index in [1.54, 1.807) is 24.3 Å². The lowest BCUT2D eigenvalue weighted by Gasteiger charge is -2.21. The molecule has 0 bridgehead atoms. The highest BCUT2D eigenvalue weighted by atomic mass is 32.2. The van der Waals surface area contributed by atoms with Crippen molar-refractivity contribution in [1.29, 1.82) is 0 Å². The van der Waals surface area contributed by atoms with Crippen molar-refractivity contribution >= 4 is 10.1 Å². The second-order valence-electron chi connectivity index (χ2n) is 6.08. The summed E-state index contributed by atoms with van der Waals surface area (Å²) in [4.78, 5) is 0.214. The van der Waals surface area contributed by atoms with Crippen LogP contribution in [0.1, 0.15) is 44.6 Å². The number of hydrogen-bond acceptors (Lipinski definition) is 5. The third kappa shape index (κ3) is 5.88. The summed E-state index contributed by atoms with van der Waals surface area (Å²) in [5.41, 5.74) is 1.02. The fourth-order valence-corrected chi connectivity index (χ4v) is 3.49. The molecule has 0 radical (unpaired) electrons. The standard InChI is InChI=1S/C17H26O5S/c1-15-7-9-16(10-8-15)23(18,19)22-12-6-4-3-5-11-17(2)20-13-14-21-17/h7-10H,3-6,11-14H2,1-2H3. The monoisotopic (exact) mass is 342 g/mol. The topological polar surface area (TPSA) is 61.8 Å². The van der Waals surface area contributed by atoms with Gasteiger partial charge in [0.25, 0.3) is 10.1 Å². The quantitative estimate of drug-likeness (QED) is 0.508. The van der Waals surface area contributed by atoms with Crippen LogP contribution >= 0.6 is 0 Å². The summed E-state index contributed by atoms with van der Waals surface area (Å²) in [6.45, 7) is 5.44. The van der Waals surface area contributed by atoms with Gasteiger partial charge in [0.05, 0.1) is 24.7 Å². The van der Waals surface area contributed by atoms with Gasteiger partial charge in [-0.05, 0) is 38.8 Å². The first-order chi connectivity index (χ1) is 10.9. The van der Waals surface area contributed by atoms with Crippen LogP contribution in [-0.2, 0) is 23.8 Å². The van der Waals surface area contributed by atoms with Gasteiger partial charge in [0, 0.05) is 6.42 Å². The predicted molar refractivity (Wildman–Crippen MR) is 87.7 cm³/mol. The molecule has 0 aliphatic carbocycles. The van der Waals surface area contributed by atoms with Crippen molar-refractivity contribution in [3.05, 3.63) is 29.8 Å². The van der Waals surface area contributed by atoms with Gasteiger partial charge in [-0.2, -0.15) is 8.42 Å². The maximum absolute atomic E-state index is 12.0. The molecule has 1 aliphatic heterocycles. The number of aryl methyl sites for hydroxylation is 1. The van der Waals surface area contributed by atoms with Crippen LogP contribution in [0.25, 0.3) is 0 Å². The molecule has 130 valence electrons. The van der Waals surface area contributed by atoms with Crippen LogP contribution in [0.15, 0.2) is 29.2 Å². The van der Waals surface area contributed by atoms with Crippen molar-refractivity contribution < 1.29 is 22.1 Å². The Morgan fingerprint density at radius 2 is 1.65 bits per heavy atom. The lowest BCUT2D eigenvalue weighted by atomic mass is 10.1. The van der Waals surface area contributed by atoms with E-state index < -0.39 is 15.9 Å². The summed E-state index contributed by atoms with van der Waals surface area (Å²) in [5, 5.41) is 0. The van der Waals surface area contributed by atoms with E-state index in [0.717, 1.165) is 37.7 Å². The van der Waals surface area contributed by atoms with Gasteiger partial charge in [0.1, 0.15) is 0 Å². The molecule has 0 saturated carbocycles. The van der Waals surface area contributed by atoms with Crippen LogP contribution < -0.4 is 0 Å². The van der Waals surface area contributed by atoms with Crippen LogP contribution in [-0.4, -0.2) is 34.0 Å². The smallest absolute Gasteiger partial charge is 0.296 e. The summed E-state index contributed by atoms with van der Waals surface area (Å²) >= 11 is 0. The van der Waals surface area contributed by atoms with E-state index in [1.165, 1.54) is 0 Å². The Labute approximate surface area is 139 Å². The maximum atomic E-state index is 12.0. The molecule has 0 atom stereocenters. The average Bonchev–Trinajstić information content (AvgIpc) is 2.93. The molecule has 6 heteroatoms. The van der Waals surface area contributed by atoms with Gasteiger partial charge in [0.2, 0.25) is 0 Å². The van der Waals surface area contributed by atoms with E-state index >= 15 is 0 Å². The zero-order valence-corrected chi connectivity index (χ0v) is 14.7. The second kappa shape index (κ2) is 8.24. The highest BCUT2D eigenvalue weighted by molar-refractivity contribution is 7.86. The van der Waals surface area contributed by atoms with Crippen molar-refractivity contribution in [3.63, 3.8) is 0 Å². The zero-order valence-electron chi connectivity index (χ0n) is 13.9. The molecule has 1 aromatic carbocycles. The van der Waals surface area contributed by atoms with Crippen LogP contribution in [0.4, 0.5) is 0 Å². The van der Waals surface area contributed by atoms with E-state index in [0.29, 0.717) is 13.2 Å². The molecule has 0 amide bonds. The first-order valence-corrected chi connectivity index (χ1v) is 9.56. The van der Waals surface area contributed by atoms with Crippen LogP contribution in [0.3, 0.4) is 0 Å². The minimum Gasteiger partial charge on any atom is -0.348 e. The Kier molecular flexibility index (Phi) is 6.59. The number of rotatable bonds is 9. The normalized spacial score (nSPS) is 17.5. The summed E-state index contributed by atoms with van der Waals surface area (Å²) < 4.78 is 40.2. The van der Waals surface area contributed by atoms with Crippen molar-refractivity contribution in [2.75, 3.05) is 19.8 Å². The molecular weight excluding hydrogens is 316 g/mol. The van der Waals surface area contributed by atoms with Gasteiger partial charge < -0.3 is 9.47 Å². The number of hydrogen-bond donors (Lipinski definition) is 0. The van der Waals surface area contributed by atoms with E-state index in [1.807, 2.05) is 13.8 Å². The Bertz CT molecular complexity index is 574. The van der Waals surface area contributed by atoms with Crippen molar-refractivity contribution in [1.82, 2.24) is 0 Å². The third-order valence-electron chi connectivity index (χ3n) is 3.97. The van der Waals surface area contributed by atoms with E-state index in [-0.39, 0.29) is 11.5 Å². The summed E-state index contributed by atoms with van der Waals surface area (Å²) in [7, 11) is -3.63. The number of benzene rings is 1. The molecule has 0 spiro atoms. The van der Waals surface area contributed by atoms with Gasteiger partial charge in [-0.15, -0.1) is 0 Å². The Morgan fingerprint density at radius 1 is 1.04 bits per heavy atom. The summed E-state index contributed by atoms with van der Waals surface area (Å²) in [6, 6.07) is 6.69. The van der Waals surface area contributed by atoms with Gasteiger partial charge in [-0.25, -0.2) is 0 Å². The van der Waals surface area contributed by atoms with Gasteiger partial charge in [-0.3, -0.25) is 4.18 Å². The Hall–Kier alpha value is -0.950. The average molecular weight is 342 g/mol. The lowest BCUT2D eigenvalue weighted by molar-refractivity contribution is -0.147. The largest absolute Gasteiger partial charge is 0.348 e. The second-order valence-corrected chi connectivity index (χ2v) is 7.70.